The van der Waals surface area contributed by atoms with Crippen molar-refractivity contribution in [3.63, 3.8) is 0 Å². The van der Waals surface area contributed by atoms with Gasteiger partial charge in [0.1, 0.15) is 11.6 Å². The maximum absolute atomic E-state index is 5.86. The molecule has 1 aromatic carbocycles. The van der Waals surface area contributed by atoms with E-state index < -0.39 is 0 Å². The van der Waals surface area contributed by atoms with Crippen molar-refractivity contribution in [3.8, 4) is 11.6 Å². The predicted octanol–water partition coefficient (Wildman–Crippen LogP) is 4.84. The molecule has 0 spiro atoms. The fourth-order valence-electron chi connectivity index (χ4n) is 2.57. The molecular formula is C20H23Cl3N4O. The van der Waals surface area contributed by atoms with E-state index in [0.29, 0.717) is 10.9 Å². The molecule has 8 heteroatoms. The van der Waals surface area contributed by atoms with Crippen molar-refractivity contribution in [1.29, 1.82) is 0 Å². The van der Waals surface area contributed by atoms with E-state index in [2.05, 4.69) is 15.0 Å². The monoisotopic (exact) mass is 440 g/mol. The molecule has 3 rings (SSSR count). The van der Waals surface area contributed by atoms with Crippen LogP contribution in [0.2, 0.25) is 5.02 Å². The van der Waals surface area contributed by atoms with E-state index >= 15 is 0 Å². The van der Waals surface area contributed by atoms with Crippen molar-refractivity contribution in [2.75, 3.05) is 0 Å². The summed E-state index contributed by atoms with van der Waals surface area (Å²) in [5.74, 6) is 2.09. The lowest BCUT2D eigenvalue weighted by Crippen LogP contribution is -2.17. The van der Waals surface area contributed by atoms with Gasteiger partial charge in [0.2, 0.25) is 5.88 Å². The number of benzene rings is 1. The number of aromatic nitrogens is 3. The Morgan fingerprint density at radius 2 is 1.64 bits per heavy atom. The summed E-state index contributed by atoms with van der Waals surface area (Å²) in [4.78, 5) is 12.7. The van der Waals surface area contributed by atoms with Gasteiger partial charge in [0.15, 0.2) is 0 Å². The van der Waals surface area contributed by atoms with Crippen molar-refractivity contribution < 1.29 is 4.74 Å². The Morgan fingerprint density at radius 1 is 0.964 bits per heavy atom. The van der Waals surface area contributed by atoms with Crippen LogP contribution in [-0.2, 0) is 19.3 Å². The van der Waals surface area contributed by atoms with E-state index in [-0.39, 0.29) is 30.9 Å². The van der Waals surface area contributed by atoms with Gasteiger partial charge in [-0.2, -0.15) is 0 Å². The van der Waals surface area contributed by atoms with Gasteiger partial charge < -0.3 is 10.5 Å². The smallest absolute Gasteiger partial charge is 0.219 e. The summed E-state index contributed by atoms with van der Waals surface area (Å²) in [5.41, 5.74) is 8.13. The number of rotatable bonds is 7. The first kappa shape index (κ1) is 24.1. The van der Waals surface area contributed by atoms with Crippen LogP contribution in [0.4, 0.5) is 0 Å². The van der Waals surface area contributed by atoms with Crippen LogP contribution in [0.25, 0.3) is 0 Å². The van der Waals surface area contributed by atoms with E-state index in [9.17, 15) is 0 Å². The Kier molecular flexibility index (Phi) is 10.2. The molecule has 0 aliphatic heterocycles. The summed E-state index contributed by atoms with van der Waals surface area (Å²) < 4.78 is 5.86. The highest BCUT2D eigenvalue weighted by Crippen LogP contribution is 2.21. The van der Waals surface area contributed by atoms with Crippen molar-refractivity contribution >= 4 is 36.4 Å². The number of nitrogens with two attached hydrogens (primary N) is 1. The number of ether oxygens (including phenoxy) is 1. The van der Waals surface area contributed by atoms with E-state index in [1.807, 2.05) is 43.3 Å². The highest BCUT2D eigenvalue weighted by atomic mass is 35.5. The van der Waals surface area contributed by atoms with Crippen LogP contribution in [0.15, 0.2) is 55.0 Å². The van der Waals surface area contributed by atoms with E-state index in [1.54, 1.807) is 18.6 Å². The van der Waals surface area contributed by atoms with Crippen molar-refractivity contribution in [2.45, 2.75) is 32.2 Å². The fourth-order valence-corrected chi connectivity index (χ4v) is 2.67. The summed E-state index contributed by atoms with van der Waals surface area (Å²) >= 11 is 5.80. The highest BCUT2D eigenvalue weighted by molar-refractivity contribution is 6.30. The van der Waals surface area contributed by atoms with Crippen LogP contribution in [-0.4, -0.2) is 21.0 Å². The molecule has 0 saturated carbocycles. The molecule has 3 aromatic rings. The summed E-state index contributed by atoms with van der Waals surface area (Å²) in [7, 11) is 0. The SMILES string of the molecule is CC(N)Cc1ccc(Oc2cc(CCc3ncc(Cl)cn3)ccn2)cc1.Cl.Cl. The summed E-state index contributed by atoms with van der Waals surface area (Å²) in [6.07, 6.45) is 7.35. The van der Waals surface area contributed by atoms with Gasteiger partial charge in [0.25, 0.3) is 0 Å². The zero-order chi connectivity index (χ0) is 18.4. The van der Waals surface area contributed by atoms with Crippen molar-refractivity contribution in [1.82, 2.24) is 15.0 Å². The average Bonchev–Trinajstić information content (AvgIpc) is 2.63. The topological polar surface area (TPSA) is 73.9 Å². The summed E-state index contributed by atoms with van der Waals surface area (Å²) in [6.45, 7) is 1.99. The summed E-state index contributed by atoms with van der Waals surface area (Å²) in [6, 6.07) is 12.0. The lowest BCUT2D eigenvalue weighted by atomic mass is 10.1. The zero-order valence-electron chi connectivity index (χ0n) is 15.4. The van der Waals surface area contributed by atoms with Gasteiger partial charge in [0, 0.05) is 37.1 Å². The Balaban J connectivity index is 0.00000196. The maximum atomic E-state index is 5.86. The molecule has 2 aromatic heterocycles. The molecule has 0 radical (unpaired) electrons. The number of hydrogen-bond donors (Lipinski definition) is 1. The van der Waals surface area contributed by atoms with Gasteiger partial charge in [-0.05, 0) is 49.1 Å². The first-order chi connectivity index (χ1) is 12.6. The van der Waals surface area contributed by atoms with Crippen LogP contribution in [0, 0.1) is 0 Å². The lowest BCUT2D eigenvalue weighted by Gasteiger charge is -2.09. The van der Waals surface area contributed by atoms with Crippen LogP contribution >= 0.6 is 36.4 Å². The number of halogens is 3. The minimum absolute atomic E-state index is 0. The standard InChI is InChI=1S/C20H21ClN4O.2ClH/c1-14(22)10-15-2-5-18(6-3-15)26-20-11-16(8-9-23-20)4-7-19-24-12-17(21)13-25-19;;/h2-3,5-6,8-9,11-14H,4,7,10,22H2,1H3;2*1H. The van der Waals surface area contributed by atoms with Gasteiger partial charge in [0.05, 0.1) is 5.02 Å². The van der Waals surface area contributed by atoms with Gasteiger partial charge in [-0.1, -0.05) is 23.7 Å². The Morgan fingerprint density at radius 3 is 2.29 bits per heavy atom. The molecule has 0 aliphatic carbocycles. The third kappa shape index (κ3) is 7.60. The van der Waals surface area contributed by atoms with Gasteiger partial charge >= 0.3 is 0 Å². The van der Waals surface area contributed by atoms with Crippen LogP contribution in [0.1, 0.15) is 23.9 Å². The second-order valence-electron chi connectivity index (χ2n) is 6.25. The molecule has 0 amide bonds. The minimum Gasteiger partial charge on any atom is -0.439 e. The van der Waals surface area contributed by atoms with Crippen molar-refractivity contribution in [2.24, 2.45) is 5.73 Å². The quantitative estimate of drug-likeness (QED) is 0.568. The van der Waals surface area contributed by atoms with Gasteiger partial charge in [-0.3, -0.25) is 0 Å². The predicted molar refractivity (Wildman–Crippen MR) is 117 cm³/mol. The zero-order valence-corrected chi connectivity index (χ0v) is 17.8. The van der Waals surface area contributed by atoms with E-state index in [0.717, 1.165) is 36.4 Å². The van der Waals surface area contributed by atoms with Crippen LogP contribution in [0.5, 0.6) is 11.6 Å². The van der Waals surface area contributed by atoms with Crippen LogP contribution < -0.4 is 10.5 Å². The van der Waals surface area contributed by atoms with E-state index in [4.69, 9.17) is 22.1 Å². The van der Waals surface area contributed by atoms with Gasteiger partial charge in [-0.15, -0.1) is 24.8 Å². The molecule has 0 bridgehead atoms. The number of nitrogens with zero attached hydrogens (tertiary/aromatic N) is 3. The minimum atomic E-state index is 0. The molecule has 1 unspecified atom stereocenters. The van der Waals surface area contributed by atoms with Crippen LogP contribution in [0.3, 0.4) is 0 Å². The molecule has 2 N–H and O–H groups in total. The maximum Gasteiger partial charge on any atom is 0.219 e. The second kappa shape index (κ2) is 11.8. The second-order valence-corrected chi connectivity index (χ2v) is 6.68. The first-order valence-corrected chi connectivity index (χ1v) is 8.90. The van der Waals surface area contributed by atoms with Crippen molar-refractivity contribution in [3.05, 3.63) is 77.0 Å². The Hall–Kier alpha value is -1.92. The molecule has 5 nitrogen and oxygen atoms in total. The Bertz CT molecular complexity index is 843. The molecular weight excluding hydrogens is 419 g/mol. The molecule has 150 valence electrons. The molecule has 0 aliphatic rings. The average molecular weight is 442 g/mol. The highest BCUT2D eigenvalue weighted by Gasteiger charge is 2.04. The number of pyridine rings is 1. The Labute approximate surface area is 182 Å². The normalized spacial score (nSPS) is 11.1. The molecule has 0 saturated heterocycles. The lowest BCUT2D eigenvalue weighted by molar-refractivity contribution is 0.462. The van der Waals surface area contributed by atoms with E-state index in [1.165, 1.54) is 5.56 Å². The third-order valence-electron chi connectivity index (χ3n) is 3.81. The molecule has 2 heterocycles. The molecule has 1 atom stereocenters. The number of aryl methyl sites for hydroxylation is 2. The number of hydrogen-bond acceptors (Lipinski definition) is 5. The molecule has 0 fully saturated rings. The summed E-state index contributed by atoms with van der Waals surface area (Å²) in [5, 5.41) is 0.542. The largest absolute Gasteiger partial charge is 0.439 e. The third-order valence-corrected chi connectivity index (χ3v) is 4.01. The molecule has 28 heavy (non-hydrogen) atoms. The first-order valence-electron chi connectivity index (χ1n) is 8.52. The van der Waals surface area contributed by atoms with Gasteiger partial charge in [-0.25, -0.2) is 15.0 Å². The fraction of sp³-hybridized carbons (Fsp3) is 0.250.